The number of aromatic nitrogens is 4. The fraction of sp³-hybridized carbons (Fsp3) is 0.100. The number of nitrogens with one attached hydrogen (secondary N) is 1. The lowest BCUT2D eigenvalue weighted by Gasteiger charge is -2.06. The fourth-order valence-electron chi connectivity index (χ4n) is 2.59. The molecule has 1 amide bonds. The quantitative estimate of drug-likeness (QED) is 0.537. The van der Waals surface area contributed by atoms with Gasteiger partial charge in [0.15, 0.2) is 11.5 Å². The fourth-order valence-corrected chi connectivity index (χ4v) is 3.24. The van der Waals surface area contributed by atoms with Gasteiger partial charge in [-0.25, -0.2) is 0 Å². The van der Waals surface area contributed by atoms with E-state index >= 15 is 0 Å². The first-order chi connectivity index (χ1) is 13.2. The van der Waals surface area contributed by atoms with Crippen LogP contribution < -0.4 is 5.32 Å². The first-order valence-corrected chi connectivity index (χ1v) is 9.45. The molecule has 134 valence electrons. The lowest BCUT2D eigenvalue weighted by atomic mass is 10.2. The number of hydrogen-bond donors (Lipinski definition) is 1. The normalized spacial score (nSPS) is 10.9. The summed E-state index contributed by atoms with van der Waals surface area (Å²) in [6.45, 7) is 2.01. The highest BCUT2D eigenvalue weighted by Crippen LogP contribution is 2.20. The van der Waals surface area contributed by atoms with Crippen LogP contribution in [-0.4, -0.2) is 31.5 Å². The van der Waals surface area contributed by atoms with Crippen LogP contribution in [0.15, 0.2) is 71.8 Å². The molecule has 6 nitrogen and oxygen atoms in total. The second-order valence-electron chi connectivity index (χ2n) is 6.03. The third-order valence-electron chi connectivity index (χ3n) is 3.96. The van der Waals surface area contributed by atoms with Crippen molar-refractivity contribution in [1.29, 1.82) is 0 Å². The van der Waals surface area contributed by atoms with Gasteiger partial charge in [0.2, 0.25) is 5.91 Å². The van der Waals surface area contributed by atoms with Gasteiger partial charge >= 0.3 is 0 Å². The summed E-state index contributed by atoms with van der Waals surface area (Å²) in [5.74, 6) is 0.879. The van der Waals surface area contributed by atoms with E-state index in [4.69, 9.17) is 0 Å². The highest BCUT2D eigenvalue weighted by atomic mass is 32.2. The predicted octanol–water partition coefficient (Wildman–Crippen LogP) is 3.83. The van der Waals surface area contributed by atoms with Crippen molar-refractivity contribution in [2.24, 2.45) is 0 Å². The summed E-state index contributed by atoms with van der Waals surface area (Å²) < 4.78 is 1.70. The Balaban J connectivity index is 1.47. The number of aryl methyl sites for hydroxylation is 1. The molecule has 0 aliphatic carbocycles. The summed E-state index contributed by atoms with van der Waals surface area (Å²) in [6, 6.07) is 21.2. The minimum Gasteiger partial charge on any atom is -0.325 e. The topological polar surface area (TPSA) is 72.2 Å². The summed E-state index contributed by atoms with van der Waals surface area (Å²) in [5.41, 5.74) is 3.56. The van der Waals surface area contributed by atoms with Gasteiger partial charge in [-0.3, -0.25) is 4.79 Å². The molecule has 0 radical (unpaired) electrons. The van der Waals surface area contributed by atoms with Crippen LogP contribution in [0.25, 0.3) is 17.0 Å². The van der Waals surface area contributed by atoms with Crippen LogP contribution >= 0.6 is 11.8 Å². The Morgan fingerprint density at radius 3 is 2.56 bits per heavy atom. The van der Waals surface area contributed by atoms with E-state index in [0.29, 0.717) is 11.5 Å². The van der Waals surface area contributed by atoms with Crippen LogP contribution in [0, 0.1) is 6.92 Å². The Labute approximate surface area is 160 Å². The summed E-state index contributed by atoms with van der Waals surface area (Å²) in [6.07, 6.45) is 0. The van der Waals surface area contributed by atoms with Gasteiger partial charge in [0, 0.05) is 11.3 Å². The van der Waals surface area contributed by atoms with Gasteiger partial charge in [0.1, 0.15) is 5.03 Å². The monoisotopic (exact) mass is 375 g/mol. The molecule has 0 atom stereocenters. The molecule has 0 fully saturated rings. The lowest BCUT2D eigenvalue weighted by Crippen LogP contribution is -2.14. The molecule has 1 N–H and O–H groups in total. The van der Waals surface area contributed by atoms with Gasteiger partial charge in [-0.15, -0.1) is 10.2 Å². The standard InChI is InChI=1S/C20H17N5OS/c1-14-7-9-16(10-8-14)21-18(26)13-27-19-12-11-17-22-23-20(25(17)24-19)15-5-3-2-4-6-15/h2-12H,13H2,1H3,(H,21,26). The van der Waals surface area contributed by atoms with Gasteiger partial charge in [0.25, 0.3) is 0 Å². The van der Waals surface area contributed by atoms with Crippen molar-refractivity contribution in [3.8, 4) is 11.4 Å². The van der Waals surface area contributed by atoms with Crippen molar-refractivity contribution in [2.45, 2.75) is 11.9 Å². The van der Waals surface area contributed by atoms with Gasteiger partial charge in [-0.1, -0.05) is 59.8 Å². The predicted molar refractivity (Wildman–Crippen MR) is 107 cm³/mol. The van der Waals surface area contributed by atoms with Gasteiger partial charge < -0.3 is 5.32 Å². The number of benzene rings is 2. The minimum absolute atomic E-state index is 0.0715. The smallest absolute Gasteiger partial charge is 0.234 e. The van der Waals surface area contributed by atoms with Crippen LogP contribution in [0.4, 0.5) is 5.69 Å². The molecule has 0 aliphatic rings. The van der Waals surface area contributed by atoms with Crippen LogP contribution in [0.2, 0.25) is 0 Å². The summed E-state index contributed by atoms with van der Waals surface area (Å²) in [7, 11) is 0. The van der Waals surface area contributed by atoms with E-state index in [1.165, 1.54) is 11.8 Å². The lowest BCUT2D eigenvalue weighted by molar-refractivity contribution is -0.113. The first kappa shape index (κ1) is 17.2. The van der Waals surface area contributed by atoms with Crippen molar-refractivity contribution in [3.63, 3.8) is 0 Å². The molecule has 0 unspecified atom stereocenters. The molecule has 0 saturated carbocycles. The molecular weight excluding hydrogens is 358 g/mol. The van der Waals surface area contributed by atoms with Gasteiger partial charge in [-0.05, 0) is 31.2 Å². The number of rotatable bonds is 5. The zero-order valence-corrected chi connectivity index (χ0v) is 15.5. The molecule has 2 aromatic carbocycles. The number of nitrogens with zero attached hydrogens (tertiary/aromatic N) is 4. The average Bonchev–Trinajstić information content (AvgIpc) is 3.12. The van der Waals surface area contributed by atoms with E-state index in [9.17, 15) is 4.79 Å². The molecule has 2 heterocycles. The molecule has 4 aromatic rings. The number of amides is 1. The zero-order valence-electron chi connectivity index (χ0n) is 14.7. The molecular formula is C20H17N5OS. The van der Waals surface area contributed by atoms with Crippen molar-refractivity contribution in [3.05, 3.63) is 72.3 Å². The number of hydrogen-bond acceptors (Lipinski definition) is 5. The van der Waals surface area contributed by atoms with E-state index in [1.807, 2.05) is 73.7 Å². The van der Waals surface area contributed by atoms with Crippen LogP contribution in [0.5, 0.6) is 0 Å². The Bertz CT molecular complexity index is 1080. The molecule has 2 aromatic heterocycles. The molecule has 4 rings (SSSR count). The second-order valence-corrected chi connectivity index (χ2v) is 7.03. The number of carbonyl (C=O) groups excluding carboxylic acids is 1. The first-order valence-electron chi connectivity index (χ1n) is 8.46. The molecule has 0 saturated heterocycles. The molecule has 0 aliphatic heterocycles. The average molecular weight is 375 g/mol. The van der Waals surface area contributed by atoms with E-state index in [2.05, 4.69) is 20.6 Å². The largest absolute Gasteiger partial charge is 0.325 e. The molecule has 0 bridgehead atoms. The maximum Gasteiger partial charge on any atom is 0.234 e. The Hall–Kier alpha value is -3.19. The van der Waals surface area contributed by atoms with Crippen molar-refractivity contribution in [1.82, 2.24) is 19.8 Å². The minimum atomic E-state index is -0.0715. The third-order valence-corrected chi connectivity index (χ3v) is 4.88. The van der Waals surface area contributed by atoms with Crippen molar-refractivity contribution >= 4 is 29.0 Å². The van der Waals surface area contributed by atoms with E-state index in [-0.39, 0.29) is 11.7 Å². The van der Waals surface area contributed by atoms with Crippen LogP contribution in [-0.2, 0) is 4.79 Å². The zero-order chi connectivity index (χ0) is 18.6. The van der Waals surface area contributed by atoms with Gasteiger partial charge in [-0.2, -0.15) is 9.61 Å². The number of fused-ring (bicyclic) bond motifs is 1. The highest BCUT2D eigenvalue weighted by molar-refractivity contribution is 7.99. The molecule has 0 spiro atoms. The van der Waals surface area contributed by atoms with Crippen molar-refractivity contribution in [2.75, 3.05) is 11.1 Å². The number of anilines is 1. The maximum absolute atomic E-state index is 12.2. The Kier molecular flexibility index (Phi) is 4.84. The maximum atomic E-state index is 12.2. The Morgan fingerprint density at radius 1 is 1.00 bits per heavy atom. The van der Waals surface area contributed by atoms with Crippen LogP contribution in [0.3, 0.4) is 0 Å². The molecule has 7 heteroatoms. The summed E-state index contributed by atoms with van der Waals surface area (Å²) in [4.78, 5) is 12.2. The summed E-state index contributed by atoms with van der Waals surface area (Å²) >= 11 is 1.37. The highest BCUT2D eigenvalue weighted by Gasteiger charge is 2.11. The SMILES string of the molecule is Cc1ccc(NC(=O)CSc2ccc3nnc(-c4ccccc4)n3n2)cc1. The third kappa shape index (κ3) is 3.98. The van der Waals surface area contributed by atoms with E-state index < -0.39 is 0 Å². The summed E-state index contributed by atoms with van der Waals surface area (Å²) in [5, 5.41) is 16.6. The van der Waals surface area contributed by atoms with Crippen LogP contribution in [0.1, 0.15) is 5.56 Å². The number of thioether (sulfide) groups is 1. The van der Waals surface area contributed by atoms with E-state index in [0.717, 1.165) is 21.8 Å². The number of carbonyl (C=O) groups is 1. The van der Waals surface area contributed by atoms with Gasteiger partial charge in [0.05, 0.1) is 5.75 Å². The second kappa shape index (κ2) is 7.59. The Morgan fingerprint density at radius 2 is 1.78 bits per heavy atom. The van der Waals surface area contributed by atoms with Crippen molar-refractivity contribution < 1.29 is 4.79 Å². The van der Waals surface area contributed by atoms with E-state index in [1.54, 1.807) is 4.52 Å². The molecule has 27 heavy (non-hydrogen) atoms.